The van der Waals surface area contributed by atoms with Crippen molar-refractivity contribution >= 4 is 11.8 Å². The van der Waals surface area contributed by atoms with Crippen LogP contribution in [0, 0.1) is 22.7 Å². The Morgan fingerprint density at radius 1 is 1.18 bits per heavy atom. The Labute approximate surface area is 109 Å². The third kappa shape index (κ3) is 2.98. The molecule has 0 aromatic rings. The van der Waals surface area contributed by atoms with E-state index >= 15 is 0 Å². The molecule has 1 aliphatic carbocycles. The Kier molecular flexibility index (Phi) is 4.76. The van der Waals surface area contributed by atoms with Gasteiger partial charge in [0.25, 0.3) is 0 Å². The van der Waals surface area contributed by atoms with E-state index in [0.717, 1.165) is 37.9 Å². The van der Waals surface area contributed by atoms with Crippen molar-refractivity contribution in [1.29, 1.82) is 5.26 Å². The molecule has 2 fully saturated rings. The minimum Gasteiger partial charge on any atom is -0.391 e. The number of hydrogen-bond acceptors (Lipinski definition) is 3. The fourth-order valence-corrected chi connectivity index (χ4v) is 4.49. The fourth-order valence-electron chi connectivity index (χ4n) is 3.30. The molecular formula is C14H23NOS. The minimum absolute atomic E-state index is 0.353. The van der Waals surface area contributed by atoms with E-state index in [2.05, 4.69) is 6.07 Å². The normalized spacial score (nSPS) is 31.2. The molecule has 2 rings (SSSR count). The van der Waals surface area contributed by atoms with Gasteiger partial charge in [-0.15, -0.1) is 0 Å². The van der Waals surface area contributed by atoms with Gasteiger partial charge in [-0.3, -0.25) is 0 Å². The van der Waals surface area contributed by atoms with Crippen LogP contribution >= 0.6 is 11.8 Å². The number of thioether (sulfide) groups is 1. The highest BCUT2D eigenvalue weighted by atomic mass is 32.2. The van der Waals surface area contributed by atoms with Crippen LogP contribution in [0.2, 0.25) is 0 Å². The van der Waals surface area contributed by atoms with Crippen LogP contribution in [0.3, 0.4) is 0 Å². The number of aliphatic hydroxyl groups is 1. The largest absolute Gasteiger partial charge is 0.391 e. The molecule has 3 heteroatoms. The number of nitrogens with zero attached hydrogens (tertiary/aromatic N) is 1. The zero-order chi connectivity index (χ0) is 12.1. The Balaban J connectivity index is 2.07. The number of aliphatic hydroxyl groups excluding tert-OH is 1. The van der Waals surface area contributed by atoms with Crippen molar-refractivity contribution in [2.24, 2.45) is 11.3 Å². The first-order chi connectivity index (χ1) is 8.28. The van der Waals surface area contributed by atoms with Gasteiger partial charge in [-0.25, -0.2) is 0 Å². The molecule has 0 aromatic carbocycles. The van der Waals surface area contributed by atoms with Crippen LogP contribution in [0.15, 0.2) is 0 Å². The summed E-state index contributed by atoms with van der Waals surface area (Å²) in [6.07, 6.45) is 8.43. The van der Waals surface area contributed by atoms with Crippen LogP contribution in [0.5, 0.6) is 0 Å². The summed E-state index contributed by atoms with van der Waals surface area (Å²) in [6.45, 7) is 0. The Morgan fingerprint density at radius 2 is 1.88 bits per heavy atom. The Bertz CT molecular complexity index is 272. The third-order valence-corrected chi connectivity index (χ3v) is 5.67. The van der Waals surface area contributed by atoms with Gasteiger partial charge in [-0.2, -0.15) is 17.0 Å². The van der Waals surface area contributed by atoms with Gasteiger partial charge in [-0.1, -0.05) is 25.7 Å². The van der Waals surface area contributed by atoms with Crippen LogP contribution in [-0.2, 0) is 0 Å². The van der Waals surface area contributed by atoms with Gasteiger partial charge in [0.05, 0.1) is 17.6 Å². The van der Waals surface area contributed by atoms with Crippen molar-refractivity contribution in [1.82, 2.24) is 0 Å². The molecule has 2 aliphatic rings. The van der Waals surface area contributed by atoms with E-state index in [1.165, 1.54) is 25.0 Å². The van der Waals surface area contributed by atoms with Crippen molar-refractivity contribution in [3.05, 3.63) is 0 Å². The van der Waals surface area contributed by atoms with Crippen LogP contribution in [0.1, 0.15) is 51.4 Å². The molecule has 1 saturated carbocycles. The highest BCUT2D eigenvalue weighted by molar-refractivity contribution is 7.99. The van der Waals surface area contributed by atoms with Gasteiger partial charge in [0.2, 0.25) is 0 Å². The highest BCUT2D eigenvalue weighted by Crippen LogP contribution is 2.42. The van der Waals surface area contributed by atoms with Gasteiger partial charge < -0.3 is 5.11 Å². The summed E-state index contributed by atoms with van der Waals surface area (Å²) in [4.78, 5) is 0. The molecule has 0 spiro atoms. The van der Waals surface area contributed by atoms with Gasteiger partial charge in [0, 0.05) is 0 Å². The average molecular weight is 253 g/mol. The standard InChI is InChI=1S/C14H23NOS/c15-11-14(7-3-1-2-4-8-14)13(16)12-6-5-9-17-10-12/h12-13,16H,1-10H2. The fraction of sp³-hybridized carbons (Fsp3) is 0.929. The van der Waals surface area contributed by atoms with Crippen molar-refractivity contribution < 1.29 is 5.11 Å². The summed E-state index contributed by atoms with van der Waals surface area (Å²) in [5.41, 5.74) is -0.431. The maximum atomic E-state index is 10.6. The molecule has 1 aliphatic heterocycles. The SMILES string of the molecule is N#CC1(C(O)C2CCCSC2)CCCCCC1. The number of nitriles is 1. The van der Waals surface area contributed by atoms with Gasteiger partial charge in [0.1, 0.15) is 0 Å². The molecule has 1 heterocycles. The lowest BCUT2D eigenvalue weighted by atomic mass is 9.71. The van der Waals surface area contributed by atoms with Crippen LogP contribution < -0.4 is 0 Å². The van der Waals surface area contributed by atoms with Crippen LogP contribution in [-0.4, -0.2) is 22.7 Å². The Morgan fingerprint density at radius 3 is 2.41 bits per heavy atom. The zero-order valence-electron chi connectivity index (χ0n) is 10.5. The van der Waals surface area contributed by atoms with E-state index in [1.807, 2.05) is 11.8 Å². The second kappa shape index (κ2) is 6.11. The molecule has 1 saturated heterocycles. The first kappa shape index (κ1) is 13.2. The van der Waals surface area contributed by atoms with Gasteiger partial charge in [0.15, 0.2) is 0 Å². The monoisotopic (exact) mass is 253 g/mol. The Hall–Kier alpha value is -0.200. The third-order valence-electron chi connectivity index (χ3n) is 4.43. The minimum atomic E-state index is -0.431. The van der Waals surface area contributed by atoms with Crippen molar-refractivity contribution in [2.75, 3.05) is 11.5 Å². The molecular weight excluding hydrogens is 230 g/mol. The summed E-state index contributed by atoms with van der Waals surface area (Å²) in [5.74, 6) is 2.62. The maximum absolute atomic E-state index is 10.6. The molecule has 2 unspecified atom stereocenters. The summed E-state index contributed by atoms with van der Waals surface area (Å²) >= 11 is 1.94. The van der Waals surface area contributed by atoms with Crippen LogP contribution in [0.25, 0.3) is 0 Å². The lowest BCUT2D eigenvalue weighted by Crippen LogP contribution is -2.41. The summed E-state index contributed by atoms with van der Waals surface area (Å²) in [6, 6.07) is 2.50. The predicted molar refractivity (Wildman–Crippen MR) is 71.8 cm³/mol. The molecule has 2 nitrogen and oxygen atoms in total. The van der Waals surface area contributed by atoms with E-state index < -0.39 is 11.5 Å². The molecule has 0 radical (unpaired) electrons. The lowest BCUT2D eigenvalue weighted by Gasteiger charge is -2.37. The van der Waals surface area contributed by atoms with E-state index in [4.69, 9.17) is 0 Å². The maximum Gasteiger partial charge on any atom is 0.0835 e. The molecule has 2 atom stereocenters. The smallest absolute Gasteiger partial charge is 0.0835 e. The lowest BCUT2D eigenvalue weighted by molar-refractivity contribution is 0.00795. The molecule has 0 bridgehead atoms. The quantitative estimate of drug-likeness (QED) is 0.767. The van der Waals surface area contributed by atoms with Crippen molar-refractivity contribution in [2.45, 2.75) is 57.5 Å². The van der Waals surface area contributed by atoms with Gasteiger partial charge >= 0.3 is 0 Å². The van der Waals surface area contributed by atoms with E-state index in [1.54, 1.807) is 0 Å². The molecule has 17 heavy (non-hydrogen) atoms. The predicted octanol–water partition coefficient (Wildman–Crippen LogP) is 3.35. The molecule has 96 valence electrons. The first-order valence-corrected chi connectivity index (χ1v) is 8.11. The molecule has 0 aromatic heterocycles. The van der Waals surface area contributed by atoms with Crippen molar-refractivity contribution in [3.63, 3.8) is 0 Å². The van der Waals surface area contributed by atoms with E-state index in [0.29, 0.717) is 5.92 Å². The highest BCUT2D eigenvalue weighted by Gasteiger charge is 2.42. The second-order valence-electron chi connectivity index (χ2n) is 5.60. The van der Waals surface area contributed by atoms with Crippen molar-refractivity contribution in [3.8, 4) is 6.07 Å². The number of rotatable bonds is 2. The summed E-state index contributed by atoms with van der Waals surface area (Å²) in [5, 5.41) is 20.2. The number of hydrogen-bond donors (Lipinski definition) is 1. The van der Waals surface area contributed by atoms with Gasteiger partial charge in [-0.05, 0) is 43.1 Å². The average Bonchev–Trinajstić information content (AvgIpc) is 2.65. The molecule has 1 N–H and O–H groups in total. The van der Waals surface area contributed by atoms with E-state index in [9.17, 15) is 10.4 Å². The van der Waals surface area contributed by atoms with Crippen LogP contribution in [0.4, 0.5) is 0 Å². The zero-order valence-corrected chi connectivity index (χ0v) is 11.3. The first-order valence-electron chi connectivity index (χ1n) is 6.95. The summed E-state index contributed by atoms with van der Waals surface area (Å²) < 4.78 is 0. The van der Waals surface area contributed by atoms with E-state index in [-0.39, 0.29) is 0 Å². The summed E-state index contributed by atoms with van der Waals surface area (Å²) in [7, 11) is 0. The topological polar surface area (TPSA) is 44.0 Å². The molecule has 0 amide bonds. The second-order valence-corrected chi connectivity index (χ2v) is 6.75.